The fourth-order valence-electron chi connectivity index (χ4n) is 2.04. The second-order valence-electron chi connectivity index (χ2n) is 4.87. The molecule has 1 heterocycles. The van der Waals surface area contributed by atoms with Gasteiger partial charge < -0.3 is 20.3 Å². The fourth-order valence-corrected chi connectivity index (χ4v) is 2.04. The highest BCUT2D eigenvalue weighted by atomic mass is 16.5. The van der Waals surface area contributed by atoms with Crippen LogP contribution in [0.3, 0.4) is 0 Å². The molecule has 3 atom stereocenters. The molecule has 0 saturated carbocycles. The van der Waals surface area contributed by atoms with E-state index in [2.05, 4.69) is 6.92 Å². The maximum absolute atomic E-state index is 9.63. The Morgan fingerprint density at radius 2 is 1.94 bits per heavy atom. The molecule has 0 aliphatic carbocycles. The summed E-state index contributed by atoms with van der Waals surface area (Å²) in [4.78, 5) is 0. The highest BCUT2D eigenvalue weighted by molar-refractivity contribution is 4.85. The summed E-state index contributed by atoms with van der Waals surface area (Å²) in [7, 11) is 0. The minimum atomic E-state index is -0.570. The Labute approximate surface area is 104 Å². The molecule has 3 N–H and O–H groups in total. The predicted molar refractivity (Wildman–Crippen MR) is 67.9 cm³/mol. The van der Waals surface area contributed by atoms with Crippen molar-refractivity contribution in [3.8, 4) is 0 Å². The Morgan fingerprint density at radius 1 is 1.24 bits per heavy atom. The third-order valence-corrected chi connectivity index (χ3v) is 3.25. The summed E-state index contributed by atoms with van der Waals surface area (Å²) in [6.45, 7) is 3.88. The van der Waals surface area contributed by atoms with Gasteiger partial charge in [-0.1, -0.05) is 39.0 Å². The Balaban J connectivity index is 1.87. The van der Waals surface area contributed by atoms with Gasteiger partial charge in [0.15, 0.2) is 0 Å². The highest BCUT2D eigenvalue weighted by Gasteiger charge is 2.33. The van der Waals surface area contributed by atoms with Crippen molar-refractivity contribution in [1.82, 2.24) is 0 Å². The maximum Gasteiger partial charge on any atom is 0.108 e. The van der Waals surface area contributed by atoms with Gasteiger partial charge in [-0.15, -0.1) is 0 Å². The molecule has 102 valence electrons. The minimum absolute atomic E-state index is 0.231. The monoisotopic (exact) mass is 245 g/mol. The standard InChI is InChI=1S/C13H27NO3/c1-2-3-4-5-6-7-8-16-10-12-13(15)11(14)9-17-12/h11-13,15H,2-10,14H2,1H3/t11-,12-,13+/m0/s1. The highest BCUT2D eigenvalue weighted by Crippen LogP contribution is 2.13. The van der Waals surface area contributed by atoms with Gasteiger partial charge >= 0.3 is 0 Å². The largest absolute Gasteiger partial charge is 0.389 e. The van der Waals surface area contributed by atoms with Gasteiger partial charge in [-0.2, -0.15) is 0 Å². The van der Waals surface area contributed by atoms with E-state index in [4.69, 9.17) is 15.2 Å². The van der Waals surface area contributed by atoms with E-state index in [0.717, 1.165) is 13.0 Å². The first kappa shape index (κ1) is 14.9. The van der Waals surface area contributed by atoms with Crippen LogP contribution in [-0.4, -0.2) is 43.2 Å². The average Bonchev–Trinajstić information content (AvgIpc) is 2.64. The molecule has 1 rings (SSSR count). The lowest BCUT2D eigenvalue weighted by molar-refractivity contribution is -0.0251. The topological polar surface area (TPSA) is 64.7 Å². The molecule has 1 aliphatic heterocycles. The molecule has 0 aromatic carbocycles. The van der Waals surface area contributed by atoms with Gasteiger partial charge in [-0.25, -0.2) is 0 Å². The Kier molecular flexibility index (Phi) is 7.77. The van der Waals surface area contributed by atoms with Crippen LogP contribution in [0.2, 0.25) is 0 Å². The van der Waals surface area contributed by atoms with E-state index in [1.807, 2.05) is 0 Å². The SMILES string of the molecule is CCCCCCCCOC[C@@H]1OC[C@H](N)[C@H]1O. The summed E-state index contributed by atoms with van der Waals surface area (Å²) in [5, 5.41) is 9.63. The lowest BCUT2D eigenvalue weighted by Gasteiger charge is -2.15. The van der Waals surface area contributed by atoms with E-state index in [-0.39, 0.29) is 12.1 Å². The smallest absolute Gasteiger partial charge is 0.108 e. The summed E-state index contributed by atoms with van der Waals surface area (Å²) < 4.78 is 10.8. The van der Waals surface area contributed by atoms with E-state index in [1.54, 1.807) is 0 Å². The minimum Gasteiger partial charge on any atom is -0.389 e. The van der Waals surface area contributed by atoms with Gasteiger partial charge in [0.05, 0.1) is 25.4 Å². The van der Waals surface area contributed by atoms with Crippen molar-refractivity contribution >= 4 is 0 Å². The normalized spacial score (nSPS) is 28.8. The Bertz CT molecular complexity index is 190. The van der Waals surface area contributed by atoms with E-state index in [1.165, 1.54) is 32.1 Å². The van der Waals surface area contributed by atoms with Crippen LogP contribution < -0.4 is 5.73 Å². The van der Waals surface area contributed by atoms with Crippen molar-refractivity contribution in [2.45, 2.75) is 63.7 Å². The summed E-state index contributed by atoms with van der Waals surface area (Å²) in [5.41, 5.74) is 5.64. The van der Waals surface area contributed by atoms with Gasteiger partial charge in [0.2, 0.25) is 0 Å². The van der Waals surface area contributed by atoms with Crippen molar-refractivity contribution in [2.24, 2.45) is 5.73 Å². The van der Waals surface area contributed by atoms with Gasteiger partial charge in [-0.05, 0) is 6.42 Å². The van der Waals surface area contributed by atoms with Crippen LogP contribution in [-0.2, 0) is 9.47 Å². The van der Waals surface area contributed by atoms with Crippen LogP contribution >= 0.6 is 0 Å². The Hall–Kier alpha value is -0.160. The number of aliphatic hydroxyl groups excluding tert-OH is 1. The van der Waals surface area contributed by atoms with Crippen molar-refractivity contribution in [2.75, 3.05) is 19.8 Å². The molecule has 1 saturated heterocycles. The molecule has 4 nitrogen and oxygen atoms in total. The molecule has 0 aromatic heterocycles. The molecular weight excluding hydrogens is 218 g/mol. The van der Waals surface area contributed by atoms with Gasteiger partial charge in [0.1, 0.15) is 6.10 Å². The summed E-state index contributed by atoms with van der Waals surface area (Å²) in [6, 6.07) is -0.252. The second-order valence-corrected chi connectivity index (χ2v) is 4.87. The van der Waals surface area contributed by atoms with E-state index in [0.29, 0.717) is 13.2 Å². The molecule has 0 amide bonds. The first-order chi connectivity index (χ1) is 8.25. The van der Waals surface area contributed by atoms with Crippen LogP contribution in [0, 0.1) is 0 Å². The van der Waals surface area contributed by atoms with Gasteiger partial charge in [0.25, 0.3) is 0 Å². The molecule has 17 heavy (non-hydrogen) atoms. The lowest BCUT2D eigenvalue weighted by Crippen LogP contribution is -2.38. The lowest BCUT2D eigenvalue weighted by atomic mass is 10.1. The number of aliphatic hydroxyl groups is 1. The number of hydrogen-bond donors (Lipinski definition) is 2. The molecule has 0 aromatic rings. The predicted octanol–water partition coefficient (Wildman–Crippen LogP) is 1.45. The molecule has 1 fully saturated rings. The third kappa shape index (κ3) is 5.82. The van der Waals surface area contributed by atoms with Crippen molar-refractivity contribution in [3.05, 3.63) is 0 Å². The maximum atomic E-state index is 9.63. The number of ether oxygens (including phenoxy) is 2. The Morgan fingerprint density at radius 3 is 2.59 bits per heavy atom. The molecule has 0 radical (unpaired) electrons. The van der Waals surface area contributed by atoms with E-state index < -0.39 is 6.10 Å². The van der Waals surface area contributed by atoms with Crippen molar-refractivity contribution < 1.29 is 14.6 Å². The quantitative estimate of drug-likeness (QED) is 0.603. The van der Waals surface area contributed by atoms with E-state index in [9.17, 15) is 5.11 Å². The summed E-state index contributed by atoms with van der Waals surface area (Å²) in [5.74, 6) is 0. The molecule has 0 spiro atoms. The molecule has 1 aliphatic rings. The third-order valence-electron chi connectivity index (χ3n) is 3.25. The number of unbranched alkanes of at least 4 members (excludes halogenated alkanes) is 5. The molecular formula is C13H27NO3. The van der Waals surface area contributed by atoms with Crippen LogP contribution in [0.5, 0.6) is 0 Å². The van der Waals surface area contributed by atoms with Gasteiger partial charge in [-0.3, -0.25) is 0 Å². The number of nitrogens with two attached hydrogens (primary N) is 1. The molecule has 0 bridgehead atoms. The first-order valence-electron chi connectivity index (χ1n) is 6.88. The molecule has 4 heteroatoms. The van der Waals surface area contributed by atoms with E-state index >= 15 is 0 Å². The van der Waals surface area contributed by atoms with Crippen LogP contribution in [0.1, 0.15) is 45.4 Å². The zero-order valence-electron chi connectivity index (χ0n) is 10.9. The number of rotatable bonds is 9. The second kappa shape index (κ2) is 8.86. The molecule has 0 unspecified atom stereocenters. The number of hydrogen-bond acceptors (Lipinski definition) is 4. The van der Waals surface area contributed by atoms with Crippen molar-refractivity contribution in [1.29, 1.82) is 0 Å². The van der Waals surface area contributed by atoms with Crippen LogP contribution in [0.4, 0.5) is 0 Å². The average molecular weight is 245 g/mol. The van der Waals surface area contributed by atoms with Crippen LogP contribution in [0.15, 0.2) is 0 Å². The van der Waals surface area contributed by atoms with Gasteiger partial charge in [0, 0.05) is 6.61 Å². The fraction of sp³-hybridized carbons (Fsp3) is 1.00. The summed E-state index contributed by atoms with van der Waals surface area (Å²) >= 11 is 0. The van der Waals surface area contributed by atoms with Crippen molar-refractivity contribution in [3.63, 3.8) is 0 Å². The zero-order chi connectivity index (χ0) is 12.5. The van der Waals surface area contributed by atoms with Crippen LogP contribution in [0.25, 0.3) is 0 Å². The zero-order valence-corrected chi connectivity index (χ0v) is 10.9. The summed E-state index contributed by atoms with van der Waals surface area (Å²) in [6.07, 6.45) is 6.77. The first-order valence-corrected chi connectivity index (χ1v) is 6.88.